The minimum Gasteiger partial charge on any atom is -0.455 e. The Labute approximate surface area is 744 Å². The molecule has 31 rings (SSSR count). The fourth-order valence-electron chi connectivity index (χ4n) is 20.9. The van der Waals surface area contributed by atoms with E-state index in [0.29, 0.717) is 0 Å². The van der Waals surface area contributed by atoms with Crippen LogP contribution in [0, 0.1) is 0 Å². The van der Waals surface area contributed by atoms with Crippen molar-refractivity contribution in [2.24, 2.45) is 0 Å². The molecule has 0 unspecified atom stereocenters. The lowest BCUT2D eigenvalue weighted by atomic mass is 9.99. The van der Waals surface area contributed by atoms with E-state index in [4.69, 9.17) is 23.4 Å². The first-order valence-electron chi connectivity index (χ1n) is 43.6. The smallest absolute Gasteiger partial charge is 0.152 e. The molecule has 0 atom stereocenters. The number of ether oxygens (including phenoxy) is 4. The van der Waals surface area contributed by atoms with Gasteiger partial charge in [-0.1, -0.05) is 267 Å². The van der Waals surface area contributed by atoms with E-state index in [0.717, 1.165) is 124 Å². The minimum atomic E-state index is 0.866. The predicted molar refractivity (Wildman–Crippen MR) is 536 cm³/mol. The van der Waals surface area contributed by atoms with Crippen LogP contribution < -0.4 is 18.9 Å². The molecular formula is C118H68N4O5S2. The third-order valence-electron chi connectivity index (χ3n) is 26.5. The fourth-order valence-corrected chi connectivity index (χ4v) is 23.3. The SMILES string of the molecule is c1ccc2c(c1)Oc1cc(-c3ccc4ccccc4c3)cc3c4ccccc4n-2c13.c1ccc2c(c1)Oc1cc(-c3cccc4c3oc3ccccc34)cc3c4ccccc4n-2c13.c1ccc2c(c1)Oc1cc(-c3cccc4c3sc3ccccc34)cc3c4ccccc4n-2c13.c1ccc2c(c1)Oc1cccc3c4cc(-c5cccc6c5sc5ccccc56)ccc4n-2c13. The predicted octanol–water partition coefficient (Wildman–Crippen LogP) is 34.0. The molecule has 7 aromatic heterocycles. The van der Waals surface area contributed by atoms with Crippen LogP contribution in [0.25, 0.3) is 228 Å². The van der Waals surface area contributed by atoms with Crippen LogP contribution in [-0.4, -0.2) is 18.3 Å². The first-order valence-corrected chi connectivity index (χ1v) is 45.2. The molecule has 0 spiro atoms. The molecule has 0 saturated heterocycles. The van der Waals surface area contributed by atoms with Gasteiger partial charge in [-0.05, 0) is 195 Å². The second-order valence-electron chi connectivity index (χ2n) is 33.6. The zero-order valence-electron chi connectivity index (χ0n) is 68.9. The zero-order valence-corrected chi connectivity index (χ0v) is 70.5. The topological polar surface area (TPSA) is 69.8 Å². The molecule has 0 fully saturated rings. The molecule has 129 heavy (non-hydrogen) atoms. The van der Waals surface area contributed by atoms with Crippen LogP contribution >= 0.6 is 22.7 Å². The van der Waals surface area contributed by atoms with Gasteiger partial charge >= 0.3 is 0 Å². The molecule has 0 aliphatic carbocycles. The summed E-state index contributed by atoms with van der Waals surface area (Å²) in [6, 6.07) is 146. The number of thiophene rings is 2. The highest BCUT2D eigenvalue weighted by atomic mass is 32.1. The highest BCUT2D eigenvalue weighted by Gasteiger charge is 2.31. The van der Waals surface area contributed by atoms with Crippen LogP contribution in [0.3, 0.4) is 0 Å². The van der Waals surface area contributed by atoms with Crippen LogP contribution in [0.4, 0.5) is 0 Å². The summed E-state index contributed by atoms with van der Waals surface area (Å²) in [4.78, 5) is 0. The number of aromatic nitrogens is 4. The summed E-state index contributed by atoms with van der Waals surface area (Å²) >= 11 is 3.75. The van der Waals surface area contributed by atoms with Crippen LogP contribution in [0.5, 0.6) is 46.0 Å². The first kappa shape index (κ1) is 71.7. The van der Waals surface area contributed by atoms with Crippen molar-refractivity contribution in [1.82, 2.24) is 18.3 Å². The van der Waals surface area contributed by atoms with Crippen molar-refractivity contribution >= 4 is 183 Å². The molecule has 0 bridgehead atoms. The van der Waals surface area contributed by atoms with Crippen molar-refractivity contribution < 1.29 is 23.4 Å². The Bertz CT molecular complexity index is 9230. The quantitative estimate of drug-likeness (QED) is 0.176. The molecule has 11 heterocycles. The maximum absolute atomic E-state index is 6.49. The van der Waals surface area contributed by atoms with Crippen molar-refractivity contribution in [3.63, 3.8) is 0 Å². The molecule has 27 aromatic rings. The van der Waals surface area contributed by atoms with Gasteiger partial charge in [0.05, 0.1) is 66.9 Å². The Hall–Kier alpha value is -16.7. The minimum absolute atomic E-state index is 0.866. The van der Waals surface area contributed by atoms with E-state index in [-0.39, 0.29) is 0 Å². The molecule has 0 saturated carbocycles. The molecule has 0 amide bonds. The number of para-hydroxylation sites is 14. The number of hydrogen-bond acceptors (Lipinski definition) is 7. The standard InChI is InChI=1S/C30H17NO2.2C30H17NOS.C28H17NO/c1-3-12-24-20(8-1)23-16-18(17-28-29(23)31(24)25-13-4-6-15-27(25)32-28)19-10-7-11-22-21-9-2-5-14-26(21)33-30(19)22;1-4-14-28-20(7-1)22-10-5-8-19(30(22)33-28)18-15-16-24-23(17-18)21-9-6-13-27-29(21)31(24)25-11-2-3-12-26(25)32-27;1-3-12-24-20(8-1)23-16-18(17-27-29(23)31(24)25-13-4-5-14-26(25)32-27)19-10-7-11-22-21-9-2-6-15-28(21)33-30(19)22;1-2-8-19-15-20(14-13-18(19)7-1)21-16-23-22-9-3-4-10-24(22)29-25-11-5-6-12-26(25)30-27(17-21)28(23)29/h3*1-17H;1-17H. The molecule has 4 aliphatic rings. The molecule has 11 heteroatoms. The maximum atomic E-state index is 6.49. The summed E-state index contributed by atoms with van der Waals surface area (Å²) in [7, 11) is 0. The lowest BCUT2D eigenvalue weighted by Crippen LogP contribution is -2.03. The molecule has 20 aromatic carbocycles. The van der Waals surface area contributed by atoms with Gasteiger partial charge in [0.15, 0.2) is 46.0 Å². The van der Waals surface area contributed by atoms with Gasteiger partial charge in [0.2, 0.25) is 0 Å². The number of fused-ring (bicyclic) bond motifs is 30. The lowest BCUT2D eigenvalue weighted by Gasteiger charge is -2.21. The van der Waals surface area contributed by atoms with E-state index in [1.54, 1.807) is 0 Å². The Morgan fingerprint density at radius 1 is 0.186 bits per heavy atom. The van der Waals surface area contributed by atoms with Gasteiger partial charge in [0.25, 0.3) is 0 Å². The van der Waals surface area contributed by atoms with E-state index in [1.807, 2.05) is 77.3 Å². The highest BCUT2D eigenvalue weighted by molar-refractivity contribution is 7.26. The summed E-state index contributed by atoms with van der Waals surface area (Å²) < 4.78 is 46.7. The molecule has 0 radical (unpaired) electrons. The van der Waals surface area contributed by atoms with Crippen molar-refractivity contribution in [2.45, 2.75) is 0 Å². The van der Waals surface area contributed by atoms with E-state index < -0.39 is 0 Å². The van der Waals surface area contributed by atoms with Gasteiger partial charge in [-0.3, -0.25) is 0 Å². The largest absolute Gasteiger partial charge is 0.455 e. The number of furan rings is 1. The van der Waals surface area contributed by atoms with Gasteiger partial charge in [0.1, 0.15) is 11.2 Å². The highest BCUT2D eigenvalue weighted by Crippen LogP contribution is 2.55. The van der Waals surface area contributed by atoms with E-state index in [2.05, 4.69) is 376 Å². The third kappa shape index (κ3) is 10.8. The van der Waals surface area contributed by atoms with E-state index in [1.165, 1.54) is 150 Å². The average molecular weight is 1690 g/mol. The van der Waals surface area contributed by atoms with Gasteiger partial charge < -0.3 is 41.6 Å². The Balaban J connectivity index is 0.0000000868. The van der Waals surface area contributed by atoms with Gasteiger partial charge in [0, 0.05) is 99.8 Å². The Morgan fingerprint density at radius 2 is 0.543 bits per heavy atom. The van der Waals surface area contributed by atoms with Crippen LogP contribution in [0.15, 0.2) is 417 Å². The molecule has 602 valence electrons. The van der Waals surface area contributed by atoms with Crippen molar-refractivity contribution in [3.8, 4) is 113 Å². The van der Waals surface area contributed by atoms with Crippen molar-refractivity contribution in [3.05, 3.63) is 413 Å². The summed E-state index contributed by atoms with van der Waals surface area (Å²) in [5, 5.41) is 19.9. The zero-order chi connectivity index (χ0) is 84.2. The first-order chi connectivity index (χ1) is 64.0. The number of rotatable bonds is 4. The number of benzene rings is 20. The summed E-state index contributed by atoms with van der Waals surface area (Å²) in [5.74, 6) is 7.15. The number of nitrogens with zero attached hydrogens (tertiary/aromatic N) is 4. The normalized spacial score (nSPS) is 12.4. The summed E-state index contributed by atoms with van der Waals surface area (Å²) in [5.41, 5.74) is 25.0. The van der Waals surface area contributed by atoms with Gasteiger partial charge in [-0.2, -0.15) is 0 Å². The van der Waals surface area contributed by atoms with Gasteiger partial charge in [-0.25, -0.2) is 0 Å². The second-order valence-corrected chi connectivity index (χ2v) is 35.7. The molecule has 9 nitrogen and oxygen atoms in total. The Kier molecular flexibility index (Phi) is 15.5. The molecular weight excluding hydrogens is 1620 g/mol. The van der Waals surface area contributed by atoms with Crippen LogP contribution in [-0.2, 0) is 0 Å². The number of hydrogen-bond donors (Lipinski definition) is 0. The third-order valence-corrected chi connectivity index (χ3v) is 28.9. The van der Waals surface area contributed by atoms with E-state index >= 15 is 0 Å². The summed E-state index contributed by atoms with van der Waals surface area (Å²) in [6.07, 6.45) is 0. The lowest BCUT2D eigenvalue weighted by molar-refractivity contribution is 0.476. The Morgan fingerprint density at radius 3 is 1.09 bits per heavy atom. The van der Waals surface area contributed by atoms with Crippen LogP contribution in [0.2, 0.25) is 0 Å². The summed E-state index contributed by atoms with van der Waals surface area (Å²) in [6.45, 7) is 0. The van der Waals surface area contributed by atoms with Crippen molar-refractivity contribution in [2.75, 3.05) is 0 Å². The molecule has 4 aliphatic heterocycles. The van der Waals surface area contributed by atoms with Crippen molar-refractivity contribution in [1.29, 1.82) is 0 Å². The van der Waals surface area contributed by atoms with Gasteiger partial charge in [-0.15, -0.1) is 22.7 Å². The monoisotopic (exact) mass is 1680 g/mol. The second kappa shape index (κ2) is 27.9. The van der Waals surface area contributed by atoms with Crippen LogP contribution in [0.1, 0.15) is 0 Å². The molecule has 0 N–H and O–H groups in total. The maximum Gasteiger partial charge on any atom is 0.152 e. The van der Waals surface area contributed by atoms with E-state index in [9.17, 15) is 0 Å². The fraction of sp³-hybridized carbons (Fsp3) is 0. The average Bonchev–Trinajstić information content (AvgIpc) is 1.57.